The molecular formula is C21H14F3NO4S. The van der Waals surface area contributed by atoms with Crippen LogP contribution < -0.4 is 9.47 Å². The lowest BCUT2D eigenvalue weighted by Crippen LogP contribution is -2.22. The zero-order chi connectivity index (χ0) is 21.7. The highest BCUT2D eigenvalue weighted by molar-refractivity contribution is 7.07. The molecule has 0 spiro atoms. The van der Waals surface area contributed by atoms with E-state index >= 15 is 0 Å². The highest BCUT2D eigenvalue weighted by Crippen LogP contribution is 2.37. The van der Waals surface area contributed by atoms with Gasteiger partial charge in [0.1, 0.15) is 24.2 Å². The summed E-state index contributed by atoms with van der Waals surface area (Å²) in [4.78, 5) is 11.7. The standard InChI is InChI=1S/C21H14F3NO4S/c22-21(23,24)17-4-2-1-3-16(17)19(20(26)27)29-18-9-15(6-5-14(18)10-25)28-11-13-7-8-30-12-13/h1-9,12,19H,11H2,(H,26,27). The van der Waals surface area contributed by atoms with Gasteiger partial charge in [0.2, 0.25) is 6.10 Å². The molecule has 154 valence electrons. The molecule has 0 amide bonds. The molecule has 5 nitrogen and oxygen atoms in total. The van der Waals surface area contributed by atoms with Crippen LogP contribution in [0.4, 0.5) is 13.2 Å². The number of nitriles is 1. The molecule has 0 aliphatic carbocycles. The van der Waals surface area contributed by atoms with Gasteiger partial charge >= 0.3 is 12.1 Å². The number of halogens is 3. The lowest BCUT2D eigenvalue weighted by molar-refractivity contribution is -0.147. The molecule has 0 saturated carbocycles. The normalized spacial score (nSPS) is 12.1. The second kappa shape index (κ2) is 8.88. The summed E-state index contributed by atoms with van der Waals surface area (Å²) in [5, 5.41) is 22.6. The van der Waals surface area contributed by atoms with Crippen molar-refractivity contribution in [3.63, 3.8) is 0 Å². The number of hydrogen-bond acceptors (Lipinski definition) is 5. The van der Waals surface area contributed by atoms with E-state index in [2.05, 4.69) is 0 Å². The average molecular weight is 433 g/mol. The van der Waals surface area contributed by atoms with Gasteiger partial charge in [-0.1, -0.05) is 18.2 Å². The Kier molecular flexibility index (Phi) is 6.28. The summed E-state index contributed by atoms with van der Waals surface area (Å²) in [5.74, 6) is -1.53. The Morgan fingerprint density at radius 2 is 1.97 bits per heavy atom. The Balaban J connectivity index is 1.93. The van der Waals surface area contributed by atoms with Gasteiger partial charge in [-0.15, -0.1) is 0 Å². The number of carboxylic acid groups (broad SMARTS) is 1. The van der Waals surface area contributed by atoms with Crippen molar-refractivity contribution < 1.29 is 32.5 Å². The van der Waals surface area contributed by atoms with Gasteiger partial charge in [-0.2, -0.15) is 29.8 Å². The molecule has 0 radical (unpaired) electrons. The van der Waals surface area contributed by atoms with Crippen LogP contribution >= 0.6 is 11.3 Å². The molecule has 3 aromatic rings. The minimum Gasteiger partial charge on any atom is -0.489 e. The third-order valence-electron chi connectivity index (χ3n) is 4.08. The summed E-state index contributed by atoms with van der Waals surface area (Å²) in [6, 6.07) is 12.1. The van der Waals surface area contributed by atoms with E-state index in [1.54, 1.807) is 0 Å². The highest BCUT2D eigenvalue weighted by atomic mass is 32.1. The van der Waals surface area contributed by atoms with Crippen molar-refractivity contribution in [1.82, 2.24) is 0 Å². The van der Waals surface area contributed by atoms with Crippen LogP contribution in [0.15, 0.2) is 59.3 Å². The molecule has 30 heavy (non-hydrogen) atoms. The lowest BCUT2D eigenvalue weighted by Gasteiger charge is -2.20. The Labute approximate surface area is 173 Å². The maximum absolute atomic E-state index is 13.3. The number of carboxylic acids is 1. The fraction of sp³-hybridized carbons (Fsp3) is 0.143. The number of ether oxygens (including phenoxy) is 2. The van der Waals surface area contributed by atoms with Crippen molar-refractivity contribution in [3.8, 4) is 17.6 Å². The number of rotatable bonds is 7. The van der Waals surface area contributed by atoms with Crippen molar-refractivity contribution in [1.29, 1.82) is 5.26 Å². The first-order valence-electron chi connectivity index (χ1n) is 8.53. The van der Waals surface area contributed by atoms with E-state index in [0.29, 0.717) is 0 Å². The third-order valence-corrected chi connectivity index (χ3v) is 4.81. The van der Waals surface area contributed by atoms with E-state index in [1.165, 1.54) is 35.6 Å². The van der Waals surface area contributed by atoms with Gasteiger partial charge in [-0.3, -0.25) is 0 Å². The summed E-state index contributed by atoms with van der Waals surface area (Å²) in [6.45, 7) is 0.230. The molecule has 0 bridgehead atoms. The maximum Gasteiger partial charge on any atom is 0.416 e. The van der Waals surface area contributed by atoms with E-state index in [0.717, 1.165) is 23.8 Å². The average Bonchev–Trinajstić information content (AvgIpc) is 3.23. The summed E-state index contributed by atoms with van der Waals surface area (Å²) in [6.07, 6.45) is -6.74. The number of benzene rings is 2. The maximum atomic E-state index is 13.3. The number of aliphatic carboxylic acids is 1. The molecule has 1 aromatic heterocycles. The summed E-state index contributed by atoms with van der Waals surface area (Å²) >= 11 is 1.49. The van der Waals surface area contributed by atoms with Gasteiger partial charge in [-0.25, -0.2) is 4.79 Å². The minimum atomic E-state index is -4.77. The van der Waals surface area contributed by atoms with Gasteiger partial charge in [-0.05, 0) is 40.6 Å². The van der Waals surface area contributed by atoms with E-state index in [-0.39, 0.29) is 23.7 Å². The first-order chi connectivity index (χ1) is 14.3. The molecule has 1 unspecified atom stereocenters. The summed E-state index contributed by atoms with van der Waals surface area (Å²) < 4.78 is 51.0. The van der Waals surface area contributed by atoms with Gasteiger partial charge < -0.3 is 14.6 Å². The van der Waals surface area contributed by atoms with Crippen LogP contribution in [-0.2, 0) is 17.6 Å². The monoisotopic (exact) mass is 433 g/mol. The fourth-order valence-corrected chi connectivity index (χ4v) is 3.33. The Bertz CT molecular complexity index is 1070. The highest BCUT2D eigenvalue weighted by Gasteiger charge is 2.38. The lowest BCUT2D eigenvalue weighted by atomic mass is 10.0. The Morgan fingerprint density at radius 3 is 2.60 bits per heavy atom. The van der Waals surface area contributed by atoms with Crippen LogP contribution in [0.25, 0.3) is 0 Å². The van der Waals surface area contributed by atoms with E-state index in [1.807, 2.05) is 22.9 Å². The minimum absolute atomic E-state index is 0.0337. The van der Waals surface area contributed by atoms with Crippen LogP contribution in [-0.4, -0.2) is 11.1 Å². The molecule has 2 aromatic carbocycles. The van der Waals surface area contributed by atoms with Crippen LogP contribution in [0, 0.1) is 11.3 Å². The number of nitrogens with zero attached hydrogens (tertiary/aromatic N) is 1. The molecule has 9 heteroatoms. The van der Waals surface area contributed by atoms with Crippen LogP contribution in [0.5, 0.6) is 11.5 Å². The molecule has 0 aliphatic heterocycles. The van der Waals surface area contributed by atoms with Crippen LogP contribution in [0.3, 0.4) is 0 Å². The third kappa shape index (κ3) is 4.90. The topological polar surface area (TPSA) is 79.5 Å². The number of hydrogen-bond donors (Lipinski definition) is 1. The van der Waals surface area contributed by atoms with Gasteiger partial charge in [0.05, 0.1) is 11.1 Å². The number of alkyl halides is 3. The number of thiophene rings is 1. The first-order valence-corrected chi connectivity index (χ1v) is 9.47. The second-order valence-corrected chi connectivity index (χ2v) is 6.89. The molecular weight excluding hydrogens is 419 g/mol. The van der Waals surface area contributed by atoms with E-state index < -0.39 is 29.4 Å². The quantitative estimate of drug-likeness (QED) is 0.538. The van der Waals surface area contributed by atoms with Crippen molar-refractivity contribution in [3.05, 3.63) is 81.5 Å². The van der Waals surface area contributed by atoms with Crippen LogP contribution in [0.2, 0.25) is 0 Å². The SMILES string of the molecule is N#Cc1ccc(OCc2ccsc2)cc1OC(C(=O)O)c1ccccc1C(F)(F)F. The molecule has 0 aliphatic rings. The molecule has 3 rings (SSSR count). The van der Waals surface area contributed by atoms with Crippen molar-refractivity contribution in [2.75, 3.05) is 0 Å². The number of carbonyl (C=O) groups is 1. The molecule has 0 saturated heterocycles. The molecule has 1 N–H and O–H groups in total. The van der Waals surface area contributed by atoms with Gasteiger partial charge in [0.15, 0.2) is 0 Å². The predicted molar refractivity (Wildman–Crippen MR) is 102 cm³/mol. The Morgan fingerprint density at radius 1 is 1.20 bits per heavy atom. The molecule has 1 atom stereocenters. The smallest absolute Gasteiger partial charge is 0.416 e. The zero-order valence-electron chi connectivity index (χ0n) is 15.2. The summed E-state index contributed by atoms with van der Waals surface area (Å²) in [7, 11) is 0. The van der Waals surface area contributed by atoms with Gasteiger partial charge in [0, 0.05) is 11.6 Å². The van der Waals surface area contributed by atoms with E-state index in [4.69, 9.17) is 9.47 Å². The predicted octanol–water partition coefficient (Wildman–Crippen LogP) is 5.42. The Hall–Kier alpha value is -3.51. The van der Waals surface area contributed by atoms with E-state index in [9.17, 15) is 28.3 Å². The summed E-state index contributed by atoms with van der Waals surface area (Å²) in [5.41, 5.74) is -0.810. The second-order valence-electron chi connectivity index (χ2n) is 6.11. The van der Waals surface area contributed by atoms with Crippen molar-refractivity contribution in [2.45, 2.75) is 18.9 Å². The van der Waals surface area contributed by atoms with Crippen LogP contribution in [0.1, 0.15) is 28.4 Å². The zero-order valence-corrected chi connectivity index (χ0v) is 16.0. The molecule has 1 heterocycles. The molecule has 0 fully saturated rings. The van der Waals surface area contributed by atoms with Crippen molar-refractivity contribution >= 4 is 17.3 Å². The fourth-order valence-electron chi connectivity index (χ4n) is 2.68. The largest absolute Gasteiger partial charge is 0.489 e. The van der Waals surface area contributed by atoms with Gasteiger partial charge in [0.25, 0.3) is 0 Å². The van der Waals surface area contributed by atoms with Crippen molar-refractivity contribution in [2.24, 2.45) is 0 Å². The first kappa shape index (κ1) is 21.2.